The number of rotatable bonds is 2. The van der Waals surface area contributed by atoms with Crippen LogP contribution in [0.4, 0.5) is 0 Å². The first-order valence-corrected chi connectivity index (χ1v) is 6.63. The number of nitrogens with zero attached hydrogens (tertiary/aromatic N) is 2. The minimum atomic E-state index is -0.125. The third-order valence-electron chi connectivity index (χ3n) is 3.55. The molecule has 0 aromatic rings. The Balaban J connectivity index is 2.98. The van der Waals surface area contributed by atoms with Gasteiger partial charge in [-0.05, 0) is 41.7 Å². The molecule has 4 nitrogen and oxygen atoms in total. The summed E-state index contributed by atoms with van der Waals surface area (Å²) < 4.78 is 4.83. The summed E-state index contributed by atoms with van der Waals surface area (Å²) in [6.07, 6.45) is 0.460. The number of hydrogen-bond acceptors (Lipinski definition) is 4. The maximum Gasteiger partial charge on any atom is 0.307 e. The van der Waals surface area contributed by atoms with Gasteiger partial charge in [0, 0.05) is 30.2 Å². The molecule has 1 aliphatic rings. The van der Waals surface area contributed by atoms with E-state index in [0.717, 1.165) is 13.1 Å². The third-order valence-corrected chi connectivity index (χ3v) is 3.55. The van der Waals surface area contributed by atoms with E-state index in [1.807, 2.05) is 0 Å². The summed E-state index contributed by atoms with van der Waals surface area (Å²) in [6.45, 7) is 13.1. The standard InChI is InChI=1S/C14H28N2O2/c1-13(2,3)16-11(8-12(17)18-7)9-15(6)10-14(16,4)5/h11H,8-10H2,1-7H3. The Hall–Kier alpha value is -0.610. The van der Waals surface area contributed by atoms with Crippen molar-refractivity contribution in [3.63, 3.8) is 0 Å². The van der Waals surface area contributed by atoms with Gasteiger partial charge in [0.15, 0.2) is 0 Å². The Bertz CT molecular complexity index is 307. The van der Waals surface area contributed by atoms with Crippen molar-refractivity contribution in [2.45, 2.75) is 58.2 Å². The lowest BCUT2D eigenvalue weighted by Gasteiger charge is -2.56. The summed E-state index contributed by atoms with van der Waals surface area (Å²) in [6, 6.07) is 0.214. The third kappa shape index (κ3) is 3.45. The fourth-order valence-corrected chi connectivity index (χ4v) is 3.62. The van der Waals surface area contributed by atoms with Crippen LogP contribution in [0.15, 0.2) is 0 Å². The van der Waals surface area contributed by atoms with Crippen LogP contribution in [0.1, 0.15) is 41.0 Å². The second kappa shape index (κ2) is 5.17. The smallest absolute Gasteiger partial charge is 0.307 e. The fraction of sp³-hybridized carbons (Fsp3) is 0.929. The van der Waals surface area contributed by atoms with Crippen LogP contribution in [0.3, 0.4) is 0 Å². The Kier molecular flexibility index (Phi) is 4.44. The molecule has 18 heavy (non-hydrogen) atoms. The number of piperazine rings is 1. The van der Waals surface area contributed by atoms with Crippen LogP contribution in [-0.4, -0.2) is 60.1 Å². The van der Waals surface area contributed by atoms with Crippen molar-refractivity contribution in [1.29, 1.82) is 0 Å². The zero-order valence-electron chi connectivity index (χ0n) is 12.9. The van der Waals surface area contributed by atoms with Crippen LogP contribution in [0.25, 0.3) is 0 Å². The summed E-state index contributed by atoms with van der Waals surface area (Å²) in [7, 11) is 3.58. The van der Waals surface area contributed by atoms with Gasteiger partial charge in [0.2, 0.25) is 0 Å². The number of hydrogen-bond donors (Lipinski definition) is 0. The topological polar surface area (TPSA) is 32.8 Å². The van der Waals surface area contributed by atoms with Gasteiger partial charge in [-0.1, -0.05) is 0 Å². The van der Waals surface area contributed by atoms with E-state index >= 15 is 0 Å². The molecule has 1 fully saturated rings. The maximum absolute atomic E-state index is 11.6. The van der Waals surface area contributed by atoms with Gasteiger partial charge in [-0.3, -0.25) is 9.69 Å². The molecule has 4 heteroatoms. The average Bonchev–Trinajstić information content (AvgIpc) is 2.11. The SMILES string of the molecule is COC(=O)CC1CN(C)CC(C)(C)N1C(C)(C)C. The number of ether oxygens (including phenoxy) is 1. The van der Waals surface area contributed by atoms with Gasteiger partial charge in [0.1, 0.15) is 0 Å². The molecule has 1 atom stereocenters. The summed E-state index contributed by atoms with van der Waals surface area (Å²) in [5, 5.41) is 0. The van der Waals surface area contributed by atoms with E-state index in [1.54, 1.807) is 0 Å². The predicted octanol–water partition coefficient (Wildman–Crippen LogP) is 1.74. The van der Waals surface area contributed by atoms with Crippen molar-refractivity contribution in [3.8, 4) is 0 Å². The number of likely N-dealkylation sites (N-methyl/N-ethyl adjacent to an activating group) is 1. The van der Waals surface area contributed by atoms with E-state index in [9.17, 15) is 4.79 Å². The number of carbonyl (C=O) groups is 1. The number of carbonyl (C=O) groups excluding carboxylic acids is 1. The lowest BCUT2D eigenvalue weighted by molar-refractivity contribution is -0.146. The Morgan fingerprint density at radius 2 is 1.94 bits per heavy atom. The molecular formula is C14H28N2O2. The van der Waals surface area contributed by atoms with Crippen molar-refractivity contribution in [1.82, 2.24) is 9.80 Å². The highest BCUT2D eigenvalue weighted by Crippen LogP contribution is 2.33. The molecule has 0 aliphatic carbocycles. The van der Waals surface area contributed by atoms with Crippen LogP contribution in [0.5, 0.6) is 0 Å². The molecule has 0 N–H and O–H groups in total. The molecule has 0 radical (unpaired) electrons. The zero-order chi connectivity index (χ0) is 14.1. The first-order chi connectivity index (χ1) is 8.08. The molecule has 1 heterocycles. The number of esters is 1. The van der Waals surface area contributed by atoms with Crippen molar-refractivity contribution in [3.05, 3.63) is 0 Å². The van der Waals surface area contributed by atoms with E-state index < -0.39 is 0 Å². The van der Waals surface area contributed by atoms with Gasteiger partial charge in [-0.15, -0.1) is 0 Å². The van der Waals surface area contributed by atoms with E-state index in [1.165, 1.54) is 7.11 Å². The van der Waals surface area contributed by atoms with Crippen LogP contribution in [0, 0.1) is 0 Å². The highest BCUT2D eigenvalue weighted by atomic mass is 16.5. The summed E-state index contributed by atoms with van der Waals surface area (Å²) in [4.78, 5) is 16.4. The molecule has 106 valence electrons. The van der Waals surface area contributed by atoms with Crippen LogP contribution >= 0.6 is 0 Å². The lowest BCUT2D eigenvalue weighted by atomic mass is 9.87. The summed E-state index contributed by atoms with van der Waals surface area (Å²) in [5.74, 6) is -0.125. The van der Waals surface area contributed by atoms with E-state index in [-0.39, 0.29) is 23.1 Å². The summed E-state index contributed by atoms with van der Waals surface area (Å²) >= 11 is 0. The van der Waals surface area contributed by atoms with Gasteiger partial charge in [-0.2, -0.15) is 0 Å². The molecule has 0 saturated carbocycles. The molecule has 1 unspecified atom stereocenters. The molecule has 1 saturated heterocycles. The van der Waals surface area contributed by atoms with Gasteiger partial charge in [-0.25, -0.2) is 0 Å². The maximum atomic E-state index is 11.6. The van der Waals surface area contributed by atoms with Gasteiger partial charge < -0.3 is 9.64 Å². The first-order valence-electron chi connectivity index (χ1n) is 6.63. The van der Waals surface area contributed by atoms with Crippen molar-refractivity contribution in [2.24, 2.45) is 0 Å². The minimum absolute atomic E-state index is 0.0451. The van der Waals surface area contributed by atoms with E-state index in [4.69, 9.17) is 4.74 Å². The molecular weight excluding hydrogens is 228 g/mol. The normalized spacial score (nSPS) is 26.1. The molecule has 0 amide bonds. The Morgan fingerprint density at radius 3 is 2.39 bits per heavy atom. The van der Waals surface area contributed by atoms with Crippen LogP contribution in [-0.2, 0) is 9.53 Å². The second-order valence-corrected chi connectivity index (χ2v) is 6.98. The minimum Gasteiger partial charge on any atom is -0.469 e. The predicted molar refractivity (Wildman–Crippen MR) is 73.6 cm³/mol. The monoisotopic (exact) mass is 256 g/mol. The largest absolute Gasteiger partial charge is 0.469 e. The fourth-order valence-electron chi connectivity index (χ4n) is 3.62. The van der Waals surface area contributed by atoms with Crippen LogP contribution in [0.2, 0.25) is 0 Å². The molecule has 0 spiro atoms. The van der Waals surface area contributed by atoms with Crippen molar-refractivity contribution in [2.75, 3.05) is 27.2 Å². The van der Waals surface area contributed by atoms with Crippen molar-refractivity contribution < 1.29 is 9.53 Å². The van der Waals surface area contributed by atoms with E-state index in [0.29, 0.717) is 6.42 Å². The van der Waals surface area contributed by atoms with Crippen LogP contribution < -0.4 is 0 Å². The van der Waals surface area contributed by atoms with Gasteiger partial charge in [0.25, 0.3) is 0 Å². The Morgan fingerprint density at radius 1 is 1.39 bits per heavy atom. The lowest BCUT2D eigenvalue weighted by Crippen LogP contribution is -2.68. The molecule has 1 aliphatic heterocycles. The average molecular weight is 256 g/mol. The van der Waals surface area contributed by atoms with Gasteiger partial charge >= 0.3 is 5.97 Å². The zero-order valence-corrected chi connectivity index (χ0v) is 12.9. The molecule has 0 aromatic carbocycles. The summed E-state index contributed by atoms with van der Waals surface area (Å²) in [5.41, 5.74) is 0.105. The quantitative estimate of drug-likeness (QED) is 0.705. The van der Waals surface area contributed by atoms with Gasteiger partial charge in [0.05, 0.1) is 13.5 Å². The Labute approximate surface area is 111 Å². The highest BCUT2D eigenvalue weighted by molar-refractivity contribution is 5.70. The number of methoxy groups -OCH3 is 1. The molecule has 0 bridgehead atoms. The molecule has 1 rings (SSSR count). The first kappa shape index (κ1) is 15.4. The second-order valence-electron chi connectivity index (χ2n) is 6.98. The highest BCUT2D eigenvalue weighted by Gasteiger charge is 2.44. The van der Waals surface area contributed by atoms with E-state index in [2.05, 4.69) is 51.5 Å². The molecule has 0 aromatic heterocycles. The van der Waals surface area contributed by atoms with Crippen molar-refractivity contribution >= 4 is 5.97 Å².